The number of hydrogen-bond acceptors (Lipinski definition) is 3. The van der Waals surface area contributed by atoms with Crippen molar-refractivity contribution in [2.24, 2.45) is 0 Å². The van der Waals surface area contributed by atoms with Crippen molar-refractivity contribution in [2.75, 3.05) is 5.32 Å². The molecule has 2 aromatic heterocycles. The van der Waals surface area contributed by atoms with Crippen LogP contribution in [0.4, 0.5) is 5.82 Å². The van der Waals surface area contributed by atoms with E-state index >= 15 is 0 Å². The first-order valence-electron chi connectivity index (χ1n) is 6.01. The number of benzene rings is 1. The molecule has 2 heterocycles. The van der Waals surface area contributed by atoms with Gasteiger partial charge in [-0.05, 0) is 23.1 Å². The fourth-order valence-corrected chi connectivity index (χ4v) is 2.18. The molecule has 1 N–H and O–H groups in total. The van der Waals surface area contributed by atoms with E-state index in [0.29, 0.717) is 11.7 Å². The van der Waals surface area contributed by atoms with Crippen LogP contribution < -0.4 is 5.32 Å². The summed E-state index contributed by atoms with van der Waals surface area (Å²) in [6.07, 6.45) is 3.75. The number of rotatable bonds is 3. The summed E-state index contributed by atoms with van der Waals surface area (Å²) in [5.74, 6) is 0.764. The Morgan fingerprint density at radius 3 is 2.79 bits per heavy atom. The zero-order chi connectivity index (χ0) is 13.1. The summed E-state index contributed by atoms with van der Waals surface area (Å²) in [7, 11) is 0. The predicted molar refractivity (Wildman–Crippen MR) is 78.3 cm³/mol. The number of anilines is 1. The van der Waals surface area contributed by atoms with Crippen molar-refractivity contribution in [3.8, 4) is 0 Å². The Labute approximate surface area is 116 Å². The molecule has 0 radical (unpaired) electrons. The molecule has 0 aliphatic rings. The molecule has 0 bridgehead atoms. The van der Waals surface area contributed by atoms with Crippen molar-refractivity contribution >= 4 is 28.2 Å². The summed E-state index contributed by atoms with van der Waals surface area (Å²) in [5, 5.41) is 6.09. The first-order chi connectivity index (χ1) is 9.33. The Morgan fingerprint density at radius 2 is 1.89 bits per heavy atom. The third-order valence-corrected chi connectivity index (χ3v) is 3.14. The fourth-order valence-electron chi connectivity index (χ4n) is 2.01. The van der Waals surface area contributed by atoms with Gasteiger partial charge in [-0.2, -0.15) is 0 Å². The van der Waals surface area contributed by atoms with Gasteiger partial charge in [-0.1, -0.05) is 41.9 Å². The van der Waals surface area contributed by atoms with Crippen LogP contribution in [-0.2, 0) is 6.54 Å². The second-order valence-corrected chi connectivity index (χ2v) is 4.61. The largest absolute Gasteiger partial charge is 0.366 e. The van der Waals surface area contributed by atoms with Crippen molar-refractivity contribution in [1.29, 1.82) is 0 Å². The molecule has 0 unspecified atom stereocenters. The Kier molecular flexibility index (Phi) is 3.29. The third kappa shape index (κ3) is 2.66. The number of nitrogens with one attached hydrogen (secondary N) is 1. The maximum Gasteiger partial charge on any atom is 0.131 e. The SMILES string of the molecule is Clc1cccc(NCc2cncc3ccccc23)n1. The minimum Gasteiger partial charge on any atom is -0.366 e. The highest BCUT2D eigenvalue weighted by atomic mass is 35.5. The highest BCUT2D eigenvalue weighted by Crippen LogP contribution is 2.18. The van der Waals surface area contributed by atoms with Crippen LogP contribution in [-0.4, -0.2) is 9.97 Å². The summed E-state index contributed by atoms with van der Waals surface area (Å²) in [5.41, 5.74) is 1.14. The molecule has 0 spiro atoms. The van der Waals surface area contributed by atoms with E-state index in [0.717, 1.165) is 16.8 Å². The number of pyridine rings is 2. The third-order valence-electron chi connectivity index (χ3n) is 2.93. The van der Waals surface area contributed by atoms with Crippen molar-refractivity contribution in [2.45, 2.75) is 6.54 Å². The number of nitrogens with zero attached hydrogens (tertiary/aromatic N) is 2. The average Bonchev–Trinajstić information content (AvgIpc) is 2.45. The molecule has 3 aromatic rings. The molecule has 1 aromatic carbocycles. The maximum absolute atomic E-state index is 5.86. The molecule has 0 saturated heterocycles. The Morgan fingerprint density at radius 1 is 1.00 bits per heavy atom. The first kappa shape index (κ1) is 11.9. The Balaban J connectivity index is 1.86. The van der Waals surface area contributed by atoms with Gasteiger partial charge >= 0.3 is 0 Å². The zero-order valence-electron chi connectivity index (χ0n) is 10.2. The molecule has 0 fully saturated rings. The van der Waals surface area contributed by atoms with Crippen molar-refractivity contribution in [1.82, 2.24) is 9.97 Å². The van der Waals surface area contributed by atoms with Gasteiger partial charge < -0.3 is 5.32 Å². The molecule has 4 heteroatoms. The second kappa shape index (κ2) is 5.24. The lowest BCUT2D eigenvalue weighted by atomic mass is 10.1. The molecule has 94 valence electrons. The van der Waals surface area contributed by atoms with Gasteiger partial charge in [-0.3, -0.25) is 4.98 Å². The molecule has 0 saturated carbocycles. The minimum atomic E-state index is 0.487. The summed E-state index contributed by atoms with van der Waals surface area (Å²) in [4.78, 5) is 8.46. The molecule has 0 aliphatic carbocycles. The van der Waals surface area contributed by atoms with Crippen LogP contribution >= 0.6 is 11.6 Å². The standard InChI is InChI=1S/C15H12ClN3/c16-14-6-3-7-15(19-14)18-10-12-9-17-8-11-4-1-2-5-13(11)12/h1-9H,10H2,(H,18,19). The highest BCUT2D eigenvalue weighted by molar-refractivity contribution is 6.29. The smallest absolute Gasteiger partial charge is 0.131 e. The lowest BCUT2D eigenvalue weighted by Gasteiger charge is -2.08. The number of aromatic nitrogens is 2. The van der Waals surface area contributed by atoms with Crippen molar-refractivity contribution in [3.05, 3.63) is 65.6 Å². The van der Waals surface area contributed by atoms with Gasteiger partial charge in [0.2, 0.25) is 0 Å². The lowest BCUT2D eigenvalue weighted by Crippen LogP contribution is -2.02. The van der Waals surface area contributed by atoms with Crippen LogP contribution in [0.15, 0.2) is 54.9 Å². The number of hydrogen-bond donors (Lipinski definition) is 1. The van der Waals surface area contributed by atoms with Crippen LogP contribution in [0.3, 0.4) is 0 Å². The summed E-state index contributed by atoms with van der Waals surface area (Å²) in [6, 6.07) is 13.7. The van der Waals surface area contributed by atoms with Crippen LogP contribution in [0.2, 0.25) is 5.15 Å². The molecule has 0 amide bonds. The van der Waals surface area contributed by atoms with Crippen LogP contribution in [0.25, 0.3) is 10.8 Å². The zero-order valence-corrected chi connectivity index (χ0v) is 10.9. The maximum atomic E-state index is 5.86. The minimum absolute atomic E-state index is 0.487. The molecule has 0 atom stereocenters. The van der Waals surface area contributed by atoms with Crippen molar-refractivity contribution in [3.63, 3.8) is 0 Å². The van der Waals surface area contributed by atoms with E-state index in [4.69, 9.17) is 11.6 Å². The van der Waals surface area contributed by atoms with Gasteiger partial charge in [-0.25, -0.2) is 4.98 Å². The quantitative estimate of drug-likeness (QED) is 0.733. The summed E-state index contributed by atoms with van der Waals surface area (Å²) < 4.78 is 0. The summed E-state index contributed by atoms with van der Waals surface area (Å²) >= 11 is 5.86. The van der Waals surface area contributed by atoms with Gasteiger partial charge in [0.05, 0.1) is 0 Å². The Bertz CT molecular complexity index is 707. The van der Waals surface area contributed by atoms with Gasteiger partial charge in [0.1, 0.15) is 11.0 Å². The first-order valence-corrected chi connectivity index (χ1v) is 6.39. The molecular formula is C15H12ClN3. The topological polar surface area (TPSA) is 37.8 Å². The van der Waals surface area contributed by atoms with Gasteiger partial charge in [0.25, 0.3) is 0 Å². The molecule has 3 nitrogen and oxygen atoms in total. The summed E-state index contributed by atoms with van der Waals surface area (Å²) in [6.45, 7) is 0.668. The van der Waals surface area contributed by atoms with Crippen LogP contribution in [0.5, 0.6) is 0 Å². The van der Waals surface area contributed by atoms with Gasteiger partial charge in [0.15, 0.2) is 0 Å². The molecule has 3 rings (SSSR count). The van der Waals surface area contributed by atoms with E-state index in [-0.39, 0.29) is 0 Å². The van der Waals surface area contributed by atoms with E-state index in [1.165, 1.54) is 5.39 Å². The van der Waals surface area contributed by atoms with E-state index in [9.17, 15) is 0 Å². The van der Waals surface area contributed by atoms with E-state index in [2.05, 4.69) is 27.4 Å². The highest BCUT2D eigenvalue weighted by Gasteiger charge is 2.01. The van der Waals surface area contributed by atoms with Gasteiger partial charge in [0, 0.05) is 24.3 Å². The predicted octanol–water partition coefficient (Wildman–Crippen LogP) is 3.90. The van der Waals surface area contributed by atoms with Crippen LogP contribution in [0, 0.1) is 0 Å². The average molecular weight is 270 g/mol. The lowest BCUT2D eigenvalue weighted by molar-refractivity contribution is 1.10. The second-order valence-electron chi connectivity index (χ2n) is 4.22. The van der Waals surface area contributed by atoms with E-state index in [1.807, 2.05) is 36.7 Å². The van der Waals surface area contributed by atoms with E-state index < -0.39 is 0 Å². The fraction of sp³-hybridized carbons (Fsp3) is 0.0667. The number of fused-ring (bicyclic) bond motifs is 1. The monoisotopic (exact) mass is 269 g/mol. The Hall–Kier alpha value is -2.13. The van der Waals surface area contributed by atoms with Crippen LogP contribution in [0.1, 0.15) is 5.56 Å². The normalized spacial score (nSPS) is 10.6. The van der Waals surface area contributed by atoms with E-state index in [1.54, 1.807) is 6.07 Å². The van der Waals surface area contributed by atoms with Crippen molar-refractivity contribution < 1.29 is 0 Å². The van der Waals surface area contributed by atoms with Gasteiger partial charge in [-0.15, -0.1) is 0 Å². The molecule has 0 aliphatic heterocycles. The molecular weight excluding hydrogens is 258 g/mol. The molecule has 19 heavy (non-hydrogen) atoms. The number of halogens is 1.